The van der Waals surface area contributed by atoms with E-state index in [9.17, 15) is 24.7 Å². The first-order chi connectivity index (χ1) is 18.3. The molecule has 39 heavy (non-hydrogen) atoms. The van der Waals surface area contributed by atoms with Crippen LogP contribution in [-0.2, 0) is 27.7 Å². The zero-order chi connectivity index (χ0) is 28.6. The summed E-state index contributed by atoms with van der Waals surface area (Å²) in [6, 6.07) is 0. The average Bonchev–Trinajstić information content (AvgIpc) is 3.40. The van der Waals surface area contributed by atoms with E-state index in [-0.39, 0.29) is 50.3 Å². The van der Waals surface area contributed by atoms with Gasteiger partial charge in [0.15, 0.2) is 17.4 Å². The van der Waals surface area contributed by atoms with Crippen molar-refractivity contribution < 1.29 is 47.7 Å². The van der Waals surface area contributed by atoms with Gasteiger partial charge >= 0.3 is 7.82 Å². The minimum Gasteiger partial charge on any atom is -0.476 e. The third kappa shape index (κ3) is 5.88. The summed E-state index contributed by atoms with van der Waals surface area (Å²) in [5, 5.41) is 33.3. The van der Waals surface area contributed by atoms with Crippen LogP contribution in [0.5, 0.6) is 5.88 Å². The molecule has 2 fully saturated rings. The van der Waals surface area contributed by atoms with E-state index in [1.807, 2.05) is 0 Å². The first-order valence-corrected chi connectivity index (χ1v) is 13.9. The van der Waals surface area contributed by atoms with Gasteiger partial charge in [0.05, 0.1) is 32.8 Å². The molecular weight excluding hydrogens is 539 g/mol. The lowest BCUT2D eigenvalue weighted by molar-refractivity contribution is -0.137. The van der Waals surface area contributed by atoms with Crippen molar-refractivity contribution in [3.63, 3.8) is 0 Å². The van der Waals surface area contributed by atoms with E-state index in [0.29, 0.717) is 12.1 Å². The highest BCUT2D eigenvalue weighted by Crippen LogP contribution is 2.58. The summed E-state index contributed by atoms with van der Waals surface area (Å²) in [5.41, 5.74) is 3.72. The Morgan fingerprint density at radius 2 is 2.18 bits per heavy atom. The van der Waals surface area contributed by atoms with Gasteiger partial charge in [-0.1, -0.05) is 13.8 Å². The molecule has 2 saturated heterocycles. The van der Waals surface area contributed by atoms with Crippen molar-refractivity contribution >= 4 is 30.8 Å². The smallest absolute Gasteiger partial charge is 0.475 e. The molecule has 0 aliphatic carbocycles. The fourth-order valence-electron chi connectivity index (χ4n) is 4.26. The lowest BCUT2D eigenvalue weighted by Crippen LogP contribution is -2.47. The van der Waals surface area contributed by atoms with E-state index in [2.05, 4.69) is 20.3 Å². The van der Waals surface area contributed by atoms with Gasteiger partial charge in [-0.15, -0.1) is 0 Å². The number of hydrogen-bond acceptors (Lipinski definition) is 14. The fraction of sp³-hybridized carbons (Fsp3) is 0.727. The molecule has 2 aliphatic heterocycles. The van der Waals surface area contributed by atoms with Gasteiger partial charge in [-0.25, -0.2) is 9.55 Å². The van der Waals surface area contributed by atoms with Gasteiger partial charge in [0.2, 0.25) is 17.7 Å². The standard InChI is InChI=1S/C22H35N6O10P/c1-5-34-18-13-16(26-20(23)27-18)28(11-25-13)19-22(4,32)15-12(37-19)9-36-39(33,38-15)35-8-6-7-24-17(31)14(30)21(2,3)10-29/h11-12,14-15,19,29-30,32H,5-10H2,1-4H3,(H,24,31)(H2,23,26,27)/t12-,14-,15-,19-,22-,39+/m1/s1. The van der Waals surface area contributed by atoms with E-state index in [0.717, 1.165) is 0 Å². The van der Waals surface area contributed by atoms with Gasteiger partial charge in [0.1, 0.15) is 23.9 Å². The topological polar surface area (TPSA) is 223 Å². The quantitative estimate of drug-likeness (QED) is 0.174. The molecule has 0 bridgehead atoms. The van der Waals surface area contributed by atoms with Crippen LogP contribution in [0.2, 0.25) is 0 Å². The zero-order valence-electron chi connectivity index (χ0n) is 22.1. The number of hydrogen-bond donors (Lipinski definition) is 5. The summed E-state index contributed by atoms with van der Waals surface area (Å²) in [5.74, 6) is -0.511. The Balaban J connectivity index is 1.38. The van der Waals surface area contributed by atoms with Gasteiger partial charge < -0.3 is 35.8 Å². The number of ether oxygens (including phenoxy) is 2. The summed E-state index contributed by atoms with van der Waals surface area (Å²) in [6.07, 6.45) is -2.69. The highest BCUT2D eigenvalue weighted by molar-refractivity contribution is 7.48. The van der Waals surface area contributed by atoms with Crippen molar-refractivity contribution in [2.24, 2.45) is 5.41 Å². The number of phosphoric acid groups is 1. The molecule has 0 spiro atoms. The molecule has 4 heterocycles. The molecule has 2 aromatic heterocycles. The van der Waals surface area contributed by atoms with Gasteiger partial charge in [0.25, 0.3) is 0 Å². The van der Waals surface area contributed by atoms with Crippen LogP contribution in [0.15, 0.2) is 6.33 Å². The summed E-state index contributed by atoms with van der Waals surface area (Å²) < 4.78 is 42.5. The second kappa shape index (κ2) is 11.2. The van der Waals surface area contributed by atoms with Gasteiger partial charge in [-0.3, -0.25) is 22.9 Å². The van der Waals surface area contributed by atoms with E-state index < -0.39 is 49.3 Å². The number of aliphatic hydroxyl groups excluding tert-OH is 2. The first-order valence-electron chi connectivity index (χ1n) is 12.5. The molecule has 2 aliphatic rings. The van der Waals surface area contributed by atoms with Crippen LogP contribution in [0.25, 0.3) is 11.2 Å². The number of aromatic nitrogens is 4. The Kier molecular flexibility index (Phi) is 8.50. The number of nitrogen functional groups attached to an aromatic ring is 1. The lowest BCUT2D eigenvalue weighted by atomic mass is 9.87. The number of carbonyl (C=O) groups is 1. The number of anilines is 1. The normalized spacial score (nSPS) is 29.8. The van der Waals surface area contributed by atoms with Gasteiger partial charge in [-0.2, -0.15) is 9.97 Å². The van der Waals surface area contributed by atoms with Crippen LogP contribution in [-0.4, -0.2) is 97.6 Å². The molecule has 6 atom stereocenters. The van der Waals surface area contributed by atoms with Crippen molar-refractivity contribution in [3.05, 3.63) is 6.33 Å². The largest absolute Gasteiger partial charge is 0.476 e. The second-order valence-electron chi connectivity index (χ2n) is 10.2. The van der Waals surface area contributed by atoms with E-state index in [1.54, 1.807) is 20.8 Å². The first kappa shape index (κ1) is 29.6. The molecule has 0 radical (unpaired) electrons. The van der Waals surface area contributed by atoms with Crippen molar-refractivity contribution in [2.75, 3.05) is 38.7 Å². The molecule has 1 amide bonds. The maximum atomic E-state index is 13.1. The van der Waals surface area contributed by atoms with E-state index in [4.69, 9.17) is 28.8 Å². The highest BCUT2D eigenvalue weighted by atomic mass is 31.2. The van der Waals surface area contributed by atoms with Crippen molar-refractivity contribution in [1.82, 2.24) is 24.8 Å². The molecule has 0 aromatic carbocycles. The van der Waals surface area contributed by atoms with Gasteiger partial charge in [-0.05, 0) is 20.3 Å². The van der Waals surface area contributed by atoms with Crippen LogP contribution in [0.1, 0.15) is 40.3 Å². The van der Waals surface area contributed by atoms with Crippen LogP contribution < -0.4 is 15.8 Å². The lowest BCUT2D eigenvalue weighted by Gasteiger charge is -2.35. The summed E-state index contributed by atoms with van der Waals surface area (Å²) in [4.78, 5) is 24.6. The minimum absolute atomic E-state index is 0.0527. The monoisotopic (exact) mass is 574 g/mol. The minimum atomic E-state index is -4.08. The Morgan fingerprint density at radius 1 is 1.44 bits per heavy atom. The molecule has 0 unspecified atom stereocenters. The van der Waals surface area contributed by atoms with Crippen molar-refractivity contribution in [1.29, 1.82) is 0 Å². The molecule has 4 rings (SSSR count). The van der Waals surface area contributed by atoms with Crippen LogP contribution in [0, 0.1) is 5.41 Å². The number of imidazole rings is 1. The third-order valence-corrected chi connectivity index (χ3v) is 8.01. The number of rotatable bonds is 11. The second-order valence-corrected chi connectivity index (χ2v) is 11.8. The predicted molar refractivity (Wildman–Crippen MR) is 134 cm³/mol. The molecule has 16 nitrogen and oxygen atoms in total. The fourth-order valence-corrected chi connectivity index (χ4v) is 5.76. The Labute approximate surface area is 224 Å². The number of phosphoric ester groups is 1. The van der Waals surface area contributed by atoms with Crippen LogP contribution >= 0.6 is 7.82 Å². The molecule has 6 N–H and O–H groups in total. The SMILES string of the molecule is CCOc1nc(N)nc2c1ncn2[C@@H]1O[C@@H]2CO[P@](=O)(OCCCNC(=O)[C@@H](O)C(C)(C)CO)O[C@H]2[C@@]1(C)O. The number of carbonyl (C=O) groups excluding carboxylic acids is 1. The van der Waals surface area contributed by atoms with Crippen molar-refractivity contribution in [2.45, 2.75) is 64.3 Å². The van der Waals surface area contributed by atoms with E-state index in [1.165, 1.54) is 17.8 Å². The number of nitrogens with two attached hydrogens (primary N) is 1. The molecule has 2 aromatic rings. The number of aliphatic hydroxyl groups is 3. The Hall–Kier alpha value is -2.43. The van der Waals surface area contributed by atoms with Crippen LogP contribution in [0.4, 0.5) is 5.95 Å². The number of nitrogens with one attached hydrogen (secondary N) is 1. The highest BCUT2D eigenvalue weighted by Gasteiger charge is 2.60. The third-order valence-electron chi connectivity index (χ3n) is 6.56. The molecule has 218 valence electrons. The Morgan fingerprint density at radius 3 is 2.87 bits per heavy atom. The number of nitrogens with zero attached hydrogens (tertiary/aromatic N) is 4. The van der Waals surface area contributed by atoms with Gasteiger partial charge in [0, 0.05) is 12.0 Å². The van der Waals surface area contributed by atoms with Crippen LogP contribution in [0.3, 0.4) is 0 Å². The predicted octanol–water partition coefficient (Wildman–Crippen LogP) is -0.119. The zero-order valence-corrected chi connectivity index (χ0v) is 23.0. The summed E-state index contributed by atoms with van der Waals surface area (Å²) in [6.45, 7) is 6.14. The molecule has 0 saturated carbocycles. The maximum Gasteiger partial charge on any atom is 0.475 e. The number of amides is 1. The number of fused-ring (bicyclic) bond motifs is 2. The summed E-state index contributed by atoms with van der Waals surface area (Å²) >= 11 is 0. The average molecular weight is 575 g/mol. The maximum absolute atomic E-state index is 13.1. The summed E-state index contributed by atoms with van der Waals surface area (Å²) in [7, 11) is -4.08. The van der Waals surface area contributed by atoms with E-state index >= 15 is 0 Å². The van der Waals surface area contributed by atoms with Crippen molar-refractivity contribution in [3.8, 4) is 5.88 Å². The molecular formula is C22H35N6O10P. The Bertz CT molecular complexity index is 1240. The molecule has 17 heteroatoms.